The molecule has 0 fully saturated rings. The maximum absolute atomic E-state index is 11.6. The molecule has 0 aliphatic heterocycles. The van der Waals surface area contributed by atoms with Crippen LogP contribution in [0.2, 0.25) is 0 Å². The summed E-state index contributed by atoms with van der Waals surface area (Å²) in [5, 5.41) is 3.30. The van der Waals surface area contributed by atoms with Crippen LogP contribution in [0.5, 0.6) is 0 Å². The van der Waals surface area contributed by atoms with Crippen LogP contribution in [0.25, 0.3) is 16.3 Å². The number of para-hydroxylation sites is 1. The van der Waals surface area contributed by atoms with Crippen LogP contribution in [0.3, 0.4) is 0 Å². The van der Waals surface area contributed by atoms with Crippen LogP contribution >= 0.6 is 11.3 Å². The van der Waals surface area contributed by atoms with Crippen LogP contribution in [0, 0.1) is 0 Å². The molecule has 0 bridgehead atoms. The predicted octanol–water partition coefficient (Wildman–Crippen LogP) is 4.21. The summed E-state index contributed by atoms with van der Waals surface area (Å²) < 4.78 is 6.23. The van der Waals surface area contributed by atoms with Gasteiger partial charge in [-0.15, -0.1) is 0 Å². The third-order valence-corrected chi connectivity index (χ3v) is 4.41. The lowest BCUT2D eigenvalue weighted by Crippen LogP contribution is -2.24. The number of fused-ring (bicyclic) bond motifs is 1. The Kier molecular flexibility index (Phi) is 5.64. The first-order valence-corrected chi connectivity index (χ1v) is 8.80. The molecule has 5 nitrogen and oxygen atoms in total. The van der Waals surface area contributed by atoms with Crippen LogP contribution in [0.15, 0.2) is 54.6 Å². The number of ether oxygens (including phenoxy) is 1. The molecule has 1 amide bonds. The van der Waals surface area contributed by atoms with Crippen molar-refractivity contribution in [2.24, 2.45) is 0 Å². The number of benzene rings is 2. The number of nitrogen functional groups attached to an aromatic ring is 1. The fraction of sp³-hybridized carbons (Fsp3) is 0.158. The molecular formula is C19H19N3O2S. The van der Waals surface area contributed by atoms with Gasteiger partial charge in [-0.1, -0.05) is 66.0 Å². The minimum absolute atomic E-state index is 0.274. The number of carbonyl (C=O) groups is 1. The quantitative estimate of drug-likeness (QED) is 0.651. The van der Waals surface area contributed by atoms with E-state index < -0.39 is 6.09 Å². The van der Waals surface area contributed by atoms with Gasteiger partial charge in [-0.2, -0.15) is 0 Å². The molecule has 0 aliphatic carbocycles. The lowest BCUT2D eigenvalue weighted by Gasteiger charge is -2.05. The van der Waals surface area contributed by atoms with E-state index in [1.807, 2.05) is 60.7 Å². The smallest absolute Gasteiger partial charge is 0.407 e. The number of carbonyl (C=O) groups excluding carboxylic acids is 1. The van der Waals surface area contributed by atoms with Crippen molar-refractivity contribution in [3.8, 4) is 0 Å². The van der Waals surface area contributed by atoms with Crippen molar-refractivity contribution in [1.82, 2.24) is 10.3 Å². The monoisotopic (exact) mass is 353 g/mol. The van der Waals surface area contributed by atoms with Gasteiger partial charge in [0, 0.05) is 12.1 Å². The average molecular weight is 353 g/mol. The summed E-state index contributed by atoms with van der Waals surface area (Å²) >= 11 is 1.48. The largest absolute Gasteiger partial charge is 0.445 e. The fourth-order valence-electron chi connectivity index (χ4n) is 2.36. The first-order chi connectivity index (χ1) is 12.2. The van der Waals surface area contributed by atoms with Crippen molar-refractivity contribution < 1.29 is 9.53 Å². The summed E-state index contributed by atoms with van der Waals surface area (Å²) in [6, 6.07) is 15.6. The highest BCUT2D eigenvalue weighted by molar-refractivity contribution is 7.22. The van der Waals surface area contributed by atoms with Gasteiger partial charge in [0.15, 0.2) is 5.13 Å². The third-order valence-electron chi connectivity index (χ3n) is 3.56. The topological polar surface area (TPSA) is 77.2 Å². The fourth-order valence-corrected chi connectivity index (χ4v) is 3.13. The SMILES string of the molecule is Nc1nc2c(C=CCCNC(=O)OCc3ccccc3)cccc2s1. The number of thiazole rings is 1. The molecule has 0 aliphatic rings. The molecule has 3 rings (SSSR count). The highest BCUT2D eigenvalue weighted by Crippen LogP contribution is 2.26. The second-order valence-corrected chi connectivity index (χ2v) is 6.49. The molecule has 2 aromatic carbocycles. The van der Waals surface area contributed by atoms with Crippen LogP contribution < -0.4 is 11.1 Å². The number of aromatic nitrogens is 1. The highest BCUT2D eigenvalue weighted by atomic mass is 32.1. The molecule has 25 heavy (non-hydrogen) atoms. The highest BCUT2D eigenvalue weighted by Gasteiger charge is 2.04. The van der Waals surface area contributed by atoms with Gasteiger partial charge in [0.1, 0.15) is 6.61 Å². The number of alkyl carbamates (subject to hydrolysis) is 1. The molecule has 0 radical (unpaired) electrons. The molecule has 6 heteroatoms. The van der Waals surface area contributed by atoms with Crippen LogP contribution in [-0.2, 0) is 11.3 Å². The van der Waals surface area contributed by atoms with E-state index in [0.717, 1.165) is 21.3 Å². The van der Waals surface area contributed by atoms with E-state index in [1.165, 1.54) is 11.3 Å². The van der Waals surface area contributed by atoms with Crippen LogP contribution in [0.4, 0.5) is 9.93 Å². The second kappa shape index (κ2) is 8.30. The van der Waals surface area contributed by atoms with Crippen molar-refractivity contribution in [3.63, 3.8) is 0 Å². The summed E-state index contributed by atoms with van der Waals surface area (Å²) in [6.45, 7) is 0.787. The molecule has 128 valence electrons. The maximum Gasteiger partial charge on any atom is 0.407 e. The Morgan fingerprint density at radius 3 is 2.88 bits per heavy atom. The summed E-state index contributed by atoms with van der Waals surface area (Å²) in [7, 11) is 0. The van der Waals surface area contributed by atoms with Crippen molar-refractivity contribution in [2.45, 2.75) is 13.0 Å². The van der Waals surface area contributed by atoms with Gasteiger partial charge < -0.3 is 15.8 Å². The minimum atomic E-state index is -0.411. The zero-order valence-corrected chi connectivity index (χ0v) is 14.5. The Bertz CT molecular complexity index is 875. The predicted molar refractivity (Wildman–Crippen MR) is 102 cm³/mol. The lowest BCUT2D eigenvalue weighted by molar-refractivity contribution is 0.140. The van der Waals surface area contributed by atoms with E-state index in [9.17, 15) is 4.79 Å². The molecule has 0 spiro atoms. The van der Waals surface area contributed by atoms with Crippen molar-refractivity contribution in [2.75, 3.05) is 12.3 Å². The van der Waals surface area contributed by atoms with Gasteiger partial charge in [0.25, 0.3) is 0 Å². The summed E-state index contributed by atoms with van der Waals surface area (Å²) in [6.07, 6.45) is 4.29. The number of rotatable bonds is 6. The summed E-state index contributed by atoms with van der Waals surface area (Å²) in [4.78, 5) is 16.0. The molecule has 3 N–H and O–H groups in total. The molecule has 0 saturated heterocycles. The number of amides is 1. The molecule has 0 unspecified atom stereocenters. The van der Waals surface area contributed by atoms with E-state index in [2.05, 4.69) is 10.3 Å². The summed E-state index contributed by atoms with van der Waals surface area (Å²) in [5.41, 5.74) is 8.67. The maximum atomic E-state index is 11.6. The van der Waals surface area contributed by atoms with Gasteiger partial charge in [-0.25, -0.2) is 9.78 Å². The van der Waals surface area contributed by atoms with Crippen molar-refractivity contribution in [3.05, 3.63) is 65.7 Å². The van der Waals surface area contributed by atoms with Crippen molar-refractivity contribution >= 4 is 38.9 Å². The zero-order chi connectivity index (χ0) is 17.5. The van der Waals surface area contributed by atoms with E-state index in [0.29, 0.717) is 18.1 Å². The van der Waals surface area contributed by atoms with Gasteiger partial charge >= 0.3 is 6.09 Å². The number of nitrogens with two attached hydrogens (primary N) is 1. The minimum Gasteiger partial charge on any atom is -0.445 e. The van der Waals surface area contributed by atoms with E-state index >= 15 is 0 Å². The van der Waals surface area contributed by atoms with E-state index in [-0.39, 0.29) is 6.61 Å². The van der Waals surface area contributed by atoms with Gasteiger partial charge in [0.2, 0.25) is 0 Å². The number of nitrogens with one attached hydrogen (secondary N) is 1. The molecule has 0 saturated carbocycles. The lowest BCUT2D eigenvalue weighted by atomic mass is 10.1. The van der Waals surface area contributed by atoms with E-state index in [1.54, 1.807) is 0 Å². The van der Waals surface area contributed by atoms with Crippen molar-refractivity contribution in [1.29, 1.82) is 0 Å². The Labute approximate surface area is 150 Å². The van der Waals surface area contributed by atoms with Gasteiger partial charge in [0.05, 0.1) is 10.2 Å². The number of hydrogen-bond acceptors (Lipinski definition) is 5. The first-order valence-electron chi connectivity index (χ1n) is 7.98. The third kappa shape index (κ3) is 4.81. The standard InChI is InChI=1S/C19H19N3O2S/c20-18-22-17-15(10-6-11-16(17)25-18)9-4-5-12-21-19(23)24-13-14-7-2-1-3-8-14/h1-4,6-11H,5,12-13H2,(H2,20,22)(H,21,23). The normalized spacial score (nSPS) is 11.0. The zero-order valence-electron chi connectivity index (χ0n) is 13.6. The Morgan fingerprint density at radius 1 is 1.20 bits per heavy atom. The number of hydrogen-bond donors (Lipinski definition) is 2. The summed E-state index contributed by atoms with van der Waals surface area (Å²) in [5.74, 6) is 0. The second-order valence-electron chi connectivity index (χ2n) is 5.43. The van der Waals surface area contributed by atoms with Gasteiger partial charge in [-0.3, -0.25) is 0 Å². The van der Waals surface area contributed by atoms with Gasteiger partial charge in [-0.05, 0) is 18.1 Å². The first kappa shape index (κ1) is 17.0. The molecule has 3 aromatic rings. The number of anilines is 1. The Balaban J connectivity index is 1.43. The Hall–Kier alpha value is -2.86. The van der Waals surface area contributed by atoms with Crippen LogP contribution in [-0.4, -0.2) is 17.6 Å². The molecule has 1 aromatic heterocycles. The molecule has 1 heterocycles. The van der Waals surface area contributed by atoms with Crippen LogP contribution in [0.1, 0.15) is 17.5 Å². The molecular weight excluding hydrogens is 334 g/mol. The average Bonchev–Trinajstić information content (AvgIpc) is 3.01. The van der Waals surface area contributed by atoms with E-state index in [4.69, 9.17) is 10.5 Å². The number of nitrogens with zero attached hydrogens (tertiary/aromatic N) is 1. The Morgan fingerprint density at radius 2 is 2.04 bits per heavy atom. The molecule has 0 atom stereocenters.